The van der Waals surface area contributed by atoms with Crippen molar-refractivity contribution in [3.63, 3.8) is 0 Å². The van der Waals surface area contributed by atoms with E-state index in [-0.39, 0.29) is 22.6 Å². The first-order chi connectivity index (χ1) is 7.88. The third-order valence-electron chi connectivity index (χ3n) is 2.28. The molecule has 0 aliphatic heterocycles. The number of nitrogens with zero attached hydrogens (tertiary/aromatic N) is 2. The number of hydrogen-bond donors (Lipinski definition) is 1. The van der Waals surface area contributed by atoms with Gasteiger partial charge in [-0.1, -0.05) is 25.9 Å². The minimum atomic E-state index is -0.589. The van der Waals surface area contributed by atoms with Crippen molar-refractivity contribution in [2.45, 2.75) is 26.2 Å². The zero-order valence-corrected chi connectivity index (χ0v) is 9.86. The van der Waals surface area contributed by atoms with Crippen LogP contribution in [0.15, 0.2) is 22.7 Å². The molecule has 17 heavy (non-hydrogen) atoms. The number of benzene rings is 1. The van der Waals surface area contributed by atoms with E-state index in [0.29, 0.717) is 5.82 Å². The average Bonchev–Trinajstić information content (AvgIpc) is 2.65. The Morgan fingerprint density at radius 1 is 1.29 bits per heavy atom. The van der Waals surface area contributed by atoms with E-state index in [1.54, 1.807) is 0 Å². The van der Waals surface area contributed by atoms with Gasteiger partial charge in [0.25, 0.3) is 5.89 Å². The molecular formula is C12H13FN2O2. The lowest BCUT2D eigenvalue weighted by molar-refractivity contribution is 0.400. The molecule has 0 unspecified atom stereocenters. The van der Waals surface area contributed by atoms with E-state index in [4.69, 9.17) is 9.63 Å². The lowest BCUT2D eigenvalue weighted by Crippen LogP contribution is -2.13. The average molecular weight is 236 g/mol. The molecule has 0 aliphatic carbocycles. The molecule has 0 atom stereocenters. The van der Waals surface area contributed by atoms with Gasteiger partial charge in [0.05, 0.1) is 5.56 Å². The highest BCUT2D eigenvalue weighted by Crippen LogP contribution is 2.27. The first-order valence-corrected chi connectivity index (χ1v) is 5.21. The molecule has 0 aliphatic rings. The monoisotopic (exact) mass is 236 g/mol. The summed E-state index contributed by atoms with van der Waals surface area (Å²) in [7, 11) is 0. The number of rotatable bonds is 1. The van der Waals surface area contributed by atoms with Crippen molar-refractivity contribution in [2.75, 3.05) is 0 Å². The van der Waals surface area contributed by atoms with E-state index in [1.165, 1.54) is 12.1 Å². The normalized spacial score (nSPS) is 11.8. The zero-order valence-electron chi connectivity index (χ0n) is 9.86. The summed E-state index contributed by atoms with van der Waals surface area (Å²) in [4.78, 5) is 4.14. The second kappa shape index (κ2) is 3.84. The number of halogens is 1. The number of aromatic nitrogens is 2. The van der Waals surface area contributed by atoms with Crippen LogP contribution in [0, 0.1) is 5.82 Å². The van der Waals surface area contributed by atoms with Crippen molar-refractivity contribution >= 4 is 0 Å². The van der Waals surface area contributed by atoms with E-state index in [2.05, 4.69) is 10.1 Å². The predicted molar refractivity (Wildman–Crippen MR) is 60.1 cm³/mol. The first-order valence-electron chi connectivity index (χ1n) is 5.21. The topological polar surface area (TPSA) is 59.2 Å². The number of aromatic hydroxyl groups is 1. The van der Waals surface area contributed by atoms with Crippen molar-refractivity contribution in [3.8, 4) is 17.2 Å². The van der Waals surface area contributed by atoms with Gasteiger partial charge < -0.3 is 9.63 Å². The van der Waals surface area contributed by atoms with Crippen LogP contribution in [0.4, 0.5) is 4.39 Å². The van der Waals surface area contributed by atoms with Gasteiger partial charge in [0, 0.05) is 11.5 Å². The van der Waals surface area contributed by atoms with Gasteiger partial charge in [-0.05, 0) is 12.1 Å². The molecule has 0 amide bonds. The molecule has 4 nitrogen and oxygen atoms in total. The van der Waals surface area contributed by atoms with Crippen LogP contribution >= 0.6 is 0 Å². The van der Waals surface area contributed by atoms with Crippen molar-refractivity contribution in [3.05, 3.63) is 29.8 Å². The Balaban J connectivity index is 2.44. The van der Waals surface area contributed by atoms with Gasteiger partial charge in [0.1, 0.15) is 11.6 Å². The molecule has 5 heteroatoms. The van der Waals surface area contributed by atoms with Crippen molar-refractivity contribution in [1.29, 1.82) is 0 Å². The van der Waals surface area contributed by atoms with Crippen LogP contribution in [-0.4, -0.2) is 15.2 Å². The highest BCUT2D eigenvalue weighted by Gasteiger charge is 2.22. The van der Waals surface area contributed by atoms with Gasteiger partial charge in [-0.2, -0.15) is 4.98 Å². The van der Waals surface area contributed by atoms with E-state index in [0.717, 1.165) is 6.07 Å². The zero-order chi connectivity index (χ0) is 12.6. The van der Waals surface area contributed by atoms with Crippen LogP contribution in [0.1, 0.15) is 26.6 Å². The molecule has 1 N–H and O–H groups in total. The third kappa shape index (κ3) is 2.27. The van der Waals surface area contributed by atoms with Crippen LogP contribution < -0.4 is 0 Å². The quantitative estimate of drug-likeness (QED) is 0.827. The Morgan fingerprint density at radius 3 is 2.53 bits per heavy atom. The number of phenols is 1. The molecule has 2 rings (SSSR count). The van der Waals surface area contributed by atoms with Crippen LogP contribution in [0.2, 0.25) is 0 Å². The molecule has 0 radical (unpaired) electrons. The Bertz CT molecular complexity index is 544. The van der Waals surface area contributed by atoms with Gasteiger partial charge in [-0.15, -0.1) is 0 Å². The Labute approximate surface area is 98.1 Å². The molecule has 1 aromatic heterocycles. The van der Waals surface area contributed by atoms with Gasteiger partial charge in [0.2, 0.25) is 0 Å². The van der Waals surface area contributed by atoms with Gasteiger partial charge >= 0.3 is 0 Å². The van der Waals surface area contributed by atoms with E-state index in [1.807, 2.05) is 20.8 Å². The lowest BCUT2D eigenvalue weighted by Gasteiger charge is -2.10. The predicted octanol–water partition coefficient (Wildman–Crippen LogP) is 2.88. The first kappa shape index (κ1) is 11.6. The van der Waals surface area contributed by atoms with Crippen molar-refractivity contribution in [2.24, 2.45) is 0 Å². The molecule has 0 saturated carbocycles. The van der Waals surface area contributed by atoms with Crippen LogP contribution in [0.5, 0.6) is 5.75 Å². The fraction of sp³-hybridized carbons (Fsp3) is 0.333. The Hall–Kier alpha value is -1.91. The molecule has 0 saturated heterocycles. The summed E-state index contributed by atoms with van der Waals surface area (Å²) in [6.07, 6.45) is 0. The maximum Gasteiger partial charge on any atom is 0.260 e. The highest BCUT2D eigenvalue weighted by molar-refractivity contribution is 5.55. The SMILES string of the molecule is CC(C)(C)c1noc(-c2ccc(O)cc2F)n1. The maximum absolute atomic E-state index is 13.6. The van der Waals surface area contributed by atoms with Crippen LogP contribution in [0.25, 0.3) is 11.5 Å². The lowest BCUT2D eigenvalue weighted by atomic mass is 9.96. The second-order valence-electron chi connectivity index (χ2n) is 4.84. The fourth-order valence-corrected chi connectivity index (χ4v) is 1.31. The second-order valence-corrected chi connectivity index (χ2v) is 4.84. The van der Waals surface area contributed by atoms with Gasteiger partial charge in [0.15, 0.2) is 5.82 Å². The van der Waals surface area contributed by atoms with E-state index in [9.17, 15) is 4.39 Å². The minimum Gasteiger partial charge on any atom is -0.508 e. The van der Waals surface area contributed by atoms with E-state index < -0.39 is 5.82 Å². The smallest absolute Gasteiger partial charge is 0.260 e. The molecular weight excluding hydrogens is 223 g/mol. The van der Waals surface area contributed by atoms with Gasteiger partial charge in [-0.3, -0.25) is 0 Å². The Kier molecular flexibility index (Phi) is 2.61. The minimum absolute atomic E-state index is 0.118. The summed E-state index contributed by atoms with van der Waals surface area (Å²) >= 11 is 0. The fourth-order valence-electron chi connectivity index (χ4n) is 1.31. The van der Waals surface area contributed by atoms with Gasteiger partial charge in [-0.25, -0.2) is 4.39 Å². The summed E-state index contributed by atoms with van der Waals surface area (Å²) < 4.78 is 18.6. The highest BCUT2D eigenvalue weighted by atomic mass is 19.1. The molecule has 1 aromatic carbocycles. The Morgan fingerprint density at radius 2 is 2.00 bits per heavy atom. The third-order valence-corrected chi connectivity index (χ3v) is 2.28. The van der Waals surface area contributed by atoms with Crippen LogP contribution in [-0.2, 0) is 5.41 Å². The summed E-state index contributed by atoms with van der Waals surface area (Å²) in [6.45, 7) is 5.82. The van der Waals surface area contributed by atoms with E-state index >= 15 is 0 Å². The molecule has 0 spiro atoms. The number of phenolic OH excluding ortho intramolecular Hbond substituents is 1. The summed E-state index contributed by atoms with van der Waals surface area (Å²) in [5, 5.41) is 12.9. The largest absolute Gasteiger partial charge is 0.508 e. The van der Waals surface area contributed by atoms with Crippen molar-refractivity contribution in [1.82, 2.24) is 10.1 Å². The molecule has 0 bridgehead atoms. The number of hydrogen-bond acceptors (Lipinski definition) is 4. The van der Waals surface area contributed by atoms with Crippen molar-refractivity contribution < 1.29 is 14.0 Å². The summed E-state index contributed by atoms with van der Waals surface area (Å²) in [5.41, 5.74) is -0.0689. The molecule has 0 fully saturated rings. The standard InChI is InChI=1S/C12H13FN2O2/c1-12(2,3)11-14-10(17-15-11)8-5-4-7(16)6-9(8)13/h4-6,16H,1-3H3. The molecule has 2 aromatic rings. The molecule has 1 heterocycles. The summed E-state index contributed by atoms with van der Waals surface area (Å²) in [6, 6.07) is 3.79. The summed E-state index contributed by atoms with van der Waals surface area (Å²) in [5.74, 6) is -0.0941. The van der Waals surface area contributed by atoms with Crippen LogP contribution in [0.3, 0.4) is 0 Å². The maximum atomic E-state index is 13.6. The molecule has 90 valence electrons.